The molecule has 1 N–H and O–H groups in total. The van der Waals surface area contributed by atoms with Gasteiger partial charge in [0.25, 0.3) is 10.0 Å². The van der Waals surface area contributed by atoms with Crippen molar-refractivity contribution >= 4 is 38.0 Å². The van der Waals surface area contributed by atoms with Crippen molar-refractivity contribution in [2.75, 3.05) is 4.72 Å². The molecular weight excluding hydrogens is 440 g/mol. The van der Waals surface area contributed by atoms with Crippen molar-refractivity contribution in [1.29, 1.82) is 0 Å². The van der Waals surface area contributed by atoms with Crippen molar-refractivity contribution in [3.8, 4) is 10.6 Å². The number of rotatable bonds is 6. The zero-order valence-corrected chi connectivity index (χ0v) is 18.9. The van der Waals surface area contributed by atoms with E-state index in [1.54, 1.807) is 16.9 Å². The van der Waals surface area contributed by atoms with Crippen molar-refractivity contribution in [1.82, 2.24) is 14.8 Å². The molecule has 0 unspecified atom stereocenters. The van der Waals surface area contributed by atoms with E-state index in [0.717, 1.165) is 27.0 Å². The molecule has 8 heteroatoms. The summed E-state index contributed by atoms with van der Waals surface area (Å²) in [6, 6.07) is 22.8. The molecule has 0 spiro atoms. The molecule has 0 aliphatic rings. The van der Waals surface area contributed by atoms with E-state index in [9.17, 15) is 8.42 Å². The molecule has 2 aromatic carbocycles. The van der Waals surface area contributed by atoms with Crippen LogP contribution in [0.5, 0.6) is 0 Å². The molecule has 0 bridgehead atoms. The molecule has 3 aromatic heterocycles. The first kappa shape index (κ1) is 20.4. The number of pyridine rings is 1. The number of thiophene rings is 1. The molecule has 160 valence electrons. The van der Waals surface area contributed by atoms with E-state index in [4.69, 9.17) is 0 Å². The lowest BCUT2D eigenvalue weighted by Gasteiger charge is -2.11. The number of sulfonamides is 1. The number of benzene rings is 2. The first-order valence-corrected chi connectivity index (χ1v) is 12.4. The summed E-state index contributed by atoms with van der Waals surface area (Å²) in [7, 11) is -3.90. The van der Waals surface area contributed by atoms with Gasteiger partial charge in [0.1, 0.15) is 10.6 Å². The van der Waals surface area contributed by atoms with Gasteiger partial charge in [0.05, 0.1) is 22.6 Å². The second kappa shape index (κ2) is 8.22. The van der Waals surface area contributed by atoms with Gasteiger partial charge >= 0.3 is 0 Å². The summed E-state index contributed by atoms with van der Waals surface area (Å²) >= 11 is 1.46. The van der Waals surface area contributed by atoms with Gasteiger partial charge in [-0.25, -0.2) is 8.42 Å². The highest BCUT2D eigenvalue weighted by molar-refractivity contribution is 7.92. The quantitative estimate of drug-likeness (QED) is 0.372. The molecule has 0 amide bonds. The van der Waals surface area contributed by atoms with Gasteiger partial charge in [-0.2, -0.15) is 5.10 Å². The van der Waals surface area contributed by atoms with Crippen LogP contribution < -0.4 is 4.72 Å². The minimum absolute atomic E-state index is 0.148. The fourth-order valence-electron chi connectivity index (χ4n) is 3.63. The van der Waals surface area contributed by atoms with Crippen molar-refractivity contribution in [2.45, 2.75) is 18.4 Å². The molecule has 5 rings (SSSR count). The second-order valence-electron chi connectivity index (χ2n) is 7.44. The molecule has 0 radical (unpaired) electrons. The third kappa shape index (κ3) is 4.02. The topological polar surface area (TPSA) is 76.9 Å². The van der Waals surface area contributed by atoms with Crippen molar-refractivity contribution in [3.05, 3.63) is 95.6 Å². The van der Waals surface area contributed by atoms with Crippen LogP contribution >= 0.6 is 11.3 Å². The van der Waals surface area contributed by atoms with Crippen molar-refractivity contribution in [2.24, 2.45) is 0 Å². The summed E-state index contributed by atoms with van der Waals surface area (Å²) in [6.07, 6.45) is 1.60. The van der Waals surface area contributed by atoms with Crippen LogP contribution in [0.25, 0.3) is 21.5 Å². The number of nitrogens with zero attached hydrogens (tertiary/aromatic N) is 3. The zero-order valence-electron chi connectivity index (χ0n) is 17.3. The highest BCUT2D eigenvalue weighted by Gasteiger charge is 2.25. The van der Waals surface area contributed by atoms with Gasteiger partial charge in [0.2, 0.25) is 0 Å². The molecule has 0 aliphatic carbocycles. The highest BCUT2D eigenvalue weighted by atomic mass is 32.2. The van der Waals surface area contributed by atoms with Gasteiger partial charge in [-0.05, 0) is 36.1 Å². The van der Waals surface area contributed by atoms with Crippen LogP contribution in [-0.2, 0) is 16.6 Å². The van der Waals surface area contributed by atoms with E-state index in [1.165, 1.54) is 11.3 Å². The van der Waals surface area contributed by atoms with E-state index >= 15 is 0 Å². The summed E-state index contributed by atoms with van der Waals surface area (Å²) < 4.78 is 31.6. The smallest absolute Gasteiger partial charge is 0.265 e. The molecule has 0 fully saturated rings. The fraction of sp³-hybridized carbons (Fsp3) is 0.0833. The molecule has 32 heavy (non-hydrogen) atoms. The van der Waals surface area contributed by atoms with E-state index in [2.05, 4.69) is 14.8 Å². The van der Waals surface area contributed by atoms with Crippen molar-refractivity contribution < 1.29 is 8.42 Å². The maximum atomic E-state index is 13.6. The summed E-state index contributed by atoms with van der Waals surface area (Å²) in [5.74, 6) is 0. The molecule has 3 heterocycles. The Morgan fingerprint density at radius 3 is 2.56 bits per heavy atom. The van der Waals surface area contributed by atoms with Crippen LogP contribution in [0.15, 0.2) is 89.3 Å². The van der Waals surface area contributed by atoms with Gasteiger partial charge in [-0.3, -0.25) is 14.4 Å². The molecule has 5 aromatic rings. The number of fused-ring (bicyclic) bond motifs is 1. The monoisotopic (exact) mass is 460 g/mol. The largest absolute Gasteiger partial charge is 0.279 e. The van der Waals surface area contributed by atoms with Crippen LogP contribution in [0, 0.1) is 6.92 Å². The average Bonchev–Trinajstić information content (AvgIpc) is 3.44. The summed E-state index contributed by atoms with van der Waals surface area (Å²) in [5.41, 5.74) is 3.46. The maximum absolute atomic E-state index is 13.6. The second-order valence-corrected chi connectivity index (χ2v) is 10.0. The third-order valence-corrected chi connectivity index (χ3v) is 7.29. The Balaban J connectivity index is 1.59. The van der Waals surface area contributed by atoms with Gasteiger partial charge in [-0.15, -0.1) is 11.3 Å². The standard InChI is InChI=1S/C24H20N4O2S2/c1-17-14-21(19-10-5-6-11-20(19)25-17)27-32(29,30)23-16-28(15-18-8-3-2-4-9-18)26-24(23)22-12-7-13-31-22/h2-14,16H,15H2,1H3,(H,25,27). The minimum atomic E-state index is -3.90. The third-order valence-electron chi connectivity index (χ3n) is 5.05. The van der Waals surface area contributed by atoms with E-state index in [0.29, 0.717) is 17.9 Å². The van der Waals surface area contributed by atoms with E-state index in [1.807, 2.05) is 79.0 Å². The summed E-state index contributed by atoms with van der Waals surface area (Å²) in [6.45, 7) is 2.32. The number of hydrogen-bond donors (Lipinski definition) is 1. The highest BCUT2D eigenvalue weighted by Crippen LogP contribution is 2.32. The molecule has 0 atom stereocenters. The predicted molar refractivity (Wildman–Crippen MR) is 128 cm³/mol. The van der Waals surface area contributed by atoms with Crippen molar-refractivity contribution in [3.63, 3.8) is 0 Å². The predicted octanol–water partition coefficient (Wildman–Crippen LogP) is 5.32. The molecule has 0 aliphatic heterocycles. The maximum Gasteiger partial charge on any atom is 0.265 e. The first-order valence-electron chi connectivity index (χ1n) is 10.0. The first-order chi connectivity index (χ1) is 15.5. The number of aryl methyl sites for hydroxylation is 1. The number of aromatic nitrogens is 3. The normalized spacial score (nSPS) is 11.7. The lowest BCUT2D eigenvalue weighted by atomic mass is 10.2. The van der Waals surface area contributed by atoms with E-state index < -0.39 is 10.0 Å². The number of anilines is 1. The molecular formula is C24H20N4O2S2. The Bertz CT molecular complexity index is 1490. The Labute approximate surface area is 190 Å². The molecule has 6 nitrogen and oxygen atoms in total. The van der Waals surface area contributed by atoms with Crippen LogP contribution in [0.3, 0.4) is 0 Å². The number of nitrogens with one attached hydrogen (secondary N) is 1. The Morgan fingerprint density at radius 1 is 1.00 bits per heavy atom. The molecule has 0 saturated carbocycles. The van der Waals surface area contributed by atoms with Gasteiger partial charge < -0.3 is 0 Å². The Kier molecular flexibility index (Phi) is 5.24. The Hall–Kier alpha value is -3.49. The number of para-hydroxylation sites is 1. The summed E-state index contributed by atoms with van der Waals surface area (Å²) in [5, 5.41) is 7.29. The fourth-order valence-corrected chi connectivity index (χ4v) is 5.65. The van der Waals surface area contributed by atoms with Gasteiger partial charge in [-0.1, -0.05) is 54.6 Å². The Morgan fingerprint density at radius 2 is 1.78 bits per heavy atom. The number of hydrogen-bond acceptors (Lipinski definition) is 5. The van der Waals surface area contributed by atoms with E-state index in [-0.39, 0.29) is 4.90 Å². The average molecular weight is 461 g/mol. The lowest BCUT2D eigenvalue weighted by molar-refractivity contribution is 0.601. The van der Waals surface area contributed by atoms with Crippen LogP contribution in [0.4, 0.5) is 5.69 Å². The van der Waals surface area contributed by atoms with Crippen LogP contribution in [0.1, 0.15) is 11.3 Å². The van der Waals surface area contributed by atoms with Crippen LogP contribution in [0.2, 0.25) is 0 Å². The summed E-state index contributed by atoms with van der Waals surface area (Å²) in [4.78, 5) is 5.45. The zero-order chi connectivity index (χ0) is 22.1. The lowest BCUT2D eigenvalue weighted by Crippen LogP contribution is -2.14. The van der Waals surface area contributed by atoms with Gasteiger partial charge in [0.15, 0.2) is 0 Å². The van der Waals surface area contributed by atoms with Gasteiger partial charge in [0, 0.05) is 17.3 Å². The van der Waals surface area contributed by atoms with Crippen LogP contribution in [-0.4, -0.2) is 23.2 Å². The SMILES string of the molecule is Cc1cc(NS(=O)(=O)c2cn(Cc3ccccc3)nc2-c2cccs2)c2ccccc2n1. The molecule has 0 saturated heterocycles. The minimum Gasteiger partial charge on any atom is -0.279 e.